The van der Waals surface area contributed by atoms with Crippen molar-refractivity contribution in [2.75, 3.05) is 49.9 Å². The number of nitrogens with one attached hydrogen (secondary N) is 1. The molecule has 10 rings (SSSR count). The summed E-state index contributed by atoms with van der Waals surface area (Å²) in [7, 11) is 0. The third kappa shape index (κ3) is 6.52. The number of benzene rings is 3. The molecular formula is C43H42N10O6. The number of rotatable bonds is 8. The molecule has 4 aliphatic heterocycles. The molecule has 3 saturated heterocycles. The number of anilines is 2. The Morgan fingerprint density at radius 3 is 2.31 bits per heavy atom. The number of hydrogen-bond donors (Lipinski definition) is 2. The maximum atomic E-state index is 13.9. The third-order valence-electron chi connectivity index (χ3n) is 12.5. The van der Waals surface area contributed by atoms with Gasteiger partial charge in [-0.15, -0.1) is 0 Å². The Labute approximate surface area is 338 Å². The molecule has 300 valence electrons. The van der Waals surface area contributed by atoms with E-state index >= 15 is 0 Å². The molecule has 3 aromatic carbocycles. The monoisotopic (exact) mass is 794 g/mol. The molecule has 2 aromatic heterocycles. The maximum absolute atomic E-state index is 13.9. The van der Waals surface area contributed by atoms with Gasteiger partial charge in [0, 0.05) is 68.9 Å². The molecule has 5 aliphatic rings. The average Bonchev–Trinajstić information content (AvgIpc) is 3.94. The van der Waals surface area contributed by atoms with E-state index in [2.05, 4.69) is 25.1 Å². The number of para-hydroxylation sites is 1. The van der Waals surface area contributed by atoms with Gasteiger partial charge in [0.05, 0.1) is 22.6 Å². The summed E-state index contributed by atoms with van der Waals surface area (Å²) >= 11 is 0. The van der Waals surface area contributed by atoms with Crippen LogP contribution < -0.4 is 20.7 Å². The minimum absolute atomic E-state index is 0.00873. The fourth-order valence-corrected chi connectivity index (χ4v) is 9.28. The highest BCUT2D eigenvalue weighted by Crippen LogP contribution is 2.40. The number of hydrogen-bond acceptors (Lipinski definition) is 12. The van der Waals surface area contributed by atoms with Crippen LogP contribution in [-0.4, -0.2) is 115 Å². The van der Waals surface area contributed by atoms with E-state index in [0.717, 1.165) is 60.9 Å². The van der Waals surface area contributed by atoms with Crippen molar-refractivity contribution in [2.45, 2.75) is 50.2 Å². The van der Waals surface area contributed by atoms with Crippen LogP contribution in [0.3, 0.4) is 0 Å². The Bertz CT molecular complexity index is 2510. The molecule has 3 atom stereocenters. The number of imide groups is 2. The third-order valence-corrected chi connectivity index (χ3v) is 12.5. The number of carbonyl (C=O) groups excluding carboxylic acids is 5. The van der Waals surface area contributed by atoms with Crippen LogP contribution in [0.5, 0.6) is 11.5 Å². The molecule has 3 unspecified atom stereocenters. The van der Waals surface area contributed by atoms with Gasteiger partial charge in [-0.2, -0.15) is 5.10 Å². The highest BCUT2D eigenvalue weighted by Gasteiger charge is 2.45. The normalized spacial score (nSPS) is 22.5. The number of fused-ring (bicyclic) bond motifs is 2. The smallest absolute Gasteiger partial charge is 0.262 e. The van der Waals surface area contributed by atoms with Crippen LogP contribution in [0.1, 0.15) is 58.9 Å². The van der Waals surface area contributed by atoms with E-state index in [1.54, 1.807) is 12.1 Å². The van der Waals surface area contributed by atoms with Crippen molar-refractivity contribution in [3.8, 4) is 22.8 Å². The zero-order valence-electron chi connectivity index (χ0n) is 32.2. The van der Waals surface area contributed by atoms with Gasteiger partial charge in [0.25, 0.3) is 11.8 Å². The molecule has 0 bridgehead atoms. The SMILES string of the molecule is Nc1ncnc2c1c(-c1ccc(Oc3ccccc3)cc1)nn2C1CCC(C(=O)N2CCN(C3CN(c4ccc5c(c4)C(=O)N(C4CCC(=O)NC4=O)C5=O)C3)CC2)C1. The van der Waals surface area contributed by atoms with Gasteiger partial charge in [-0.25, -0.2) is 14.6 Å². The first kappa shape index (κ1) is 36.6. The second-order valence-corrected chi connectivity index (χ2v) is 16.0. The number of piperazine rings is 1. The lowest BCUT2D eigenvalue weighted by molar-refractivity contribution is -0.138. The lowest BCUT2D eigenvalue weighted by Gasteiger charge is -2.49. The highest BCUT2D eigenvalue weighted by molar-refractivity contribution is 6.23. The molecule has 59 heavy (non-hydrogen) atoms. The van der Waals surface area contributed by atoms with E-state index in [0.29, 0.717) is 53.8 Å². The van der Waals surface area contributed by atoms with E-state index in [-0.39, 0.29) is 41.8 Å². The van der Waals surface area contributed by atoms with Crippen molar-refractivity contribution in [3.63, 3.8) is 0 Å². The molecule has 16 nitrogen and oxygen atoms in total. The number of nitrogens with two attached hydrogens (primary N) is 1. The van der Waals surface area contributed by atoms with Gasteiger partial charge >= 0.3 is 0 Å². The minimum atomic E-state index is -0.992. The van der Waals surface area contributed by atoms with Crippen LogP contribution in [-0.2, 0) is 14.4 Å². The van der Waals surface area contributed by atoms with Crippen LogP contribution in [0.2, 0.25) is 0 Å². The van der Waals surface area contributed by atoms with E-state index in [1.807, 2.05) is 70.2 Å². The summed E-state index contributed by atoms with van der Waals surface area (Å²) in [5.74, 6) is -0.151. The Balaban J connectivity index is 0.744. The van der Waals surface area contributed by atoms with Crippen LogP contribution in [0.25, 0.3) is 22.3 Å². The van der Waals surface area contributed by atoms with Gasteiger partial charge in [0.2, 0.25) is 17.7 Å². The van der Waals surface area contributed by atoms with Gasteiger partial charge in [-0.05, 0) is 80.3 Å². The summed E-state index contributed by atoms with van der Waals surface area (Å²) < 4.78 is 7.93. The van der Waals surface area contributed by atoms with Crippen LogP contribution in [0.4, 0.5) is 11.5 Å². The van der Waals surface area contributed by atoms with Crippen LogP contribution in [0.15, 0.2) is 79.1 Å². The molecule has 0 radical (unpaired) electrons. The Morgan fingerprint density at radius 2 is 1.54 bits per heavy atom. The summed E-state index contributed by atoms with van der Waals surface area (Å²) in [5, 5.41) is 7.98. The van der Waals surface area contributed by atoms with Crippen molar-refractivity contribution in [1.29, 1.82) is 0 Å². The van der Waals surface area contributed by atoms with E-state index in [9.17, 15) is 24.0 Å². The summed E-state index contributed by atoms with van der Waals surface area (Å²) in [6.45, 7) is 4.38. The highest BCUT2D eigenvalue weighted by atomic mass is 16.5. The summed E-state index contributed by atoms with van der Waals surface area (Å²) in [5.41, 5.74) is 10.0. The molecule has 6 heterocycles. The largest absolute Gasteiger partial charge is 0.457 e. The van der Waals surface area contributed by atoms with E-state index in [1.165, 1.54) is 6.33 Å². The van der Waals surface area contributed by atoms with Crippen molar-refractivity contribution in [1.82, 2.24) is 39.8 Å². The number of nitrogens with zero attached hydrogens (tertiary/aromatic N) is 8. The topological polar surface area (TPSA) is 189 Å². The molecule has 5 aromatic rings. The van der Waals surface area contributed by atoms with E-state index < -0.39 is 29.7 Å². The number of aromatic nitrogens is 4. The number of amides is 5. The van der Waals surface area contributed by atoms with Gasteiger partial charge < -0.3 is 20.3 Å². The van der Waals surface area contributed by atoms with Gasteiger partial charge in [-0.3, -0.25) is 39.1 Å². The molecule has 16 heteroatoms. The molecular weight excluding hydrogens is 753 g/mol. The molecule has 1 saturated carbocycles. The summed E-state index contributed by atoms with van der Waals surface area (Å²) in [4.78, 5) is 80.9. The number of carbonyl (C=O) groups is 5. The van der Waals surface area contributed by atoms with Crippen molar-refractivity contribution in [3.05, 3.63) is 90.3 Å². The quantitative estimate of drug-likeness (QED) is 0.218. The lowest BCUT2D eigenvalue weighted by Crippen LogP contribution is -2.63. The first-order valence-corrected chi connectivity index (χ1v) is 20.2. The average molecular weight is 795 g/mol. The second kappa shape index (κ2) is 14.6. The van der Waals surface area contributed by atoms with Gasteiger partial charge in [-0.1, -0.05) is 18.2 Å². The standard InChI is InChI=1S/C43H42N10O6/c44-38-36-37(25-7-11-31(12-8-25)59-30-4-2-1-3-5-30)48-53(39(36)46-24-45-38)28-9-6-26(20-28)41(56)50-18-16-49(17-19-50)29-22-51(23-29)27-10-13-32-33(21-27)43(58)52(42(32)57)34-14-15-35(54)47-40(34)55/h1-5,7-8,10-13,21,24,26,28-29,34H,6,9,14-20,22-23H2,(H2,44,45,46)(H,47,54,55). The minimum Gasteiger partial charge on any atom is -0.457 e. The lowest BCUT2D eigenvalue weighted by atomic mass is 10.0. The Morgan fingerprint density at radius 1 is 0.797 bits per heavy atom. The Hall–Kier alpha value is -6.68. The zero-order chi connectivity index (χ0) is 40.4. The molecule has 4 fully saturated rings. The molecule has 3 N–H and O–H groups in total. The van der Waals surface area contributed by atoms with E-state index in [4.69, 9.17) is 15.6 Å². The number of ether oxygens (including phenoxy) is 1. The summed E-state index contributed by atoms with van der Waals surface area (Å²) in [6, 6.07) is 21.9. The molecule has 0 spiro atoms. The van der Waals surface area contributed by atoms with Crippen LogP contribution in [0, 0.1) is 5.92 Å². The number of nitrogen functional groups attached to an aromatic ring is 1. The van der Waals surface area contributed by atoms with Crippen molar-refractivity contribution in [2.24, 2.45) is 5.92 Å². The summed E-state index contributed by atoms with van der Waals surface area (Å²) in [6.07, 6.45) is 3.90. The molecule has 1 aliphatic carbocycles. The predicted octanol–water partition coefficient (Wildman–Crippen LogP) is 3.64. The first-order valence-electron chi connectivity index (χ1n) is 20.2. The van der Waals surface area contributed by atoms with Crippen molar-refractivity contribution < 1.29 is 28.7 Å². The van der Waals surface area contributed by atoms with Gasteiger partial charge in [0.15, 0.2) is 5.65 Å². The predicted molar refractivity (Wildman–Crippen MR) is 215 cm³/mol. The molecule has 5 amide bonds. The fraction of sp³-hybridized carbons (Fsp3) is 0.349. The van der Waals surface area contributed by atoms with Crippen LogP contribution >= 0.6 is 0 Å². The van der Waals surface area contributed by atoms with Crippen molar-refractivity contribution >= 4 is 52.1 Å². The fourth-order valence-electron chi connectivity index (χ4n) is 9.28. The zero-order valence-corrected chi connectivity index (χ0v) is 32.2. The first-order chi connectivity index (χ1) is 28.7. The number of piperidine rings is 1. The second-order valence-electron chi connectivity index (χ2n) is 16.0. The Kier molecular flexibility index (Phi) is 9.07. The maximum Gasteiger partial charge on any atom is 0.262 e. The van der Waals surface area contributed by atoms with Gasteiger partial charge in [0.1, 0.15) is 35.4 Å².